The molecule has 2 aromatic heterocycles. The average Bonchev–Trinajstić information content (AvgIpc) is 3.19. The van der Waals surface area contributed by atoms with Crippen LogP contribution in [0.25, 0.3) is 0 Å². The second-order valence-corrected chi connectivity index (χ2v) is 7.31. The molecule has 0 amide bonds. The Bertz CT molecular complexity index is 825. The Balaban J connectivity index is 1.39. The van der Waals surface area contributed by atoms with E-state index in [0.717, 1.165) is 33.8 Å². The summed E-state index contributed by atoms with van der Waals surface area (Å²) in [6.45, 7) is 3.39. The Morgan fingerprint density at radius 2 is 2.08 bits per heavy atom. The lowest BCUT2D eigenvalue weighted by Crippen LogP contribution is -2.07. The van der Waals surface area contributed by atoms with Crippen molar-refractivity contribution in [3.8, 4) is 5.75 Å². The van der Waals surface area contributed by atoms with Crippen LogP contribution < -0.4 is 4.74 Å². The molecule has 5 nitrogen and oxygen atoms in total. The third-order valence-electron chi connectivity index (χ3n) is 4.25. The number of benzene rings is 1. The van der Waals surface area contributed by atoms with E-state index in [9.17, 15) is 0 Å². The van der Waals surface area contributed by atoms with Gasteiger partial charge >= 0.3 is 0 Å². The standard InChI is InChI=1S/C19H21N3O2S/c1-14-5-2-3-7-17(14)24-11-12-25-19-21-20-18(15-8-9-15)22(19)13-16-6-4-10-23-16/h2-7,10,15H,8-9,11-13H2,1H3. The van der Waals surface area contributed by atoms with Crippen LogP contribution in [0, 0.1) is 6.92 Å². The van der Waals surface area contributed by atoms with E-state index in [4.69, 9.17) is 9.15 Å². The number of hydrogen-bond donors (Lipinski definition) is 0. The molecule has 0 unspecified atom stereocenters. The van der Waals surface area contributed by atoms with Crippen molar-refractivity contribution in [2.45, 2.75) is 37.4 Å². The molecule has 25 heavy (non-hydrogen) atoms. The lowest BCUT2D eigenvalue weighted by Gasteiger charge is -2.10. The Kier molecular flexibility index (Phi) is 4.78. The minimum absolute atomic E-state index is 0.556. The van der Waals surface area contributed by atoms with Crippen LogP contribution in [0.15, 0.2) is 52.2 Å². The predicted molar refractivity (Wildman–Crippen MR) is 97.2 cm³/mol. The van der Waals surface area contributed by atoms with E-state index in [2.05, 4.69) is 27.8 Å². The van der Waals surface area contributed by atoms with Gasteiger partial charge in [-0.15, -0.1) is 10.2 Å². The van der Waals surface area contributed by atoms with Crippen LogP contribution in [-0.2, 0) is 6.54 Å². The number of furan rings is 1. The Morgan fingerprint density at radius 1 is 1.20 bits per heavy atom. The Morgan fingerprint density at radius 3 is 2.84 bits per heavy atom. The van der Waals surface area contributed by atoms with Crippen LogP contribution in [0.1, 0.15) is 35.9 Å². The molecule has 0 spiro atoms. The molecule has 1 aromatic carbocycles. The lowest BCUT2D eigenvalue weighted by molar-refractivity contribution is 0.341. The summed E-state index contributed by atoms with van der Waals surface area (Å²) in [6, 6.07) is 12.0. The Hall–Kier alpha value is -2.21. The van der Waals surface area contributed by atoms with E-state index in [1.165, 1.54) is 12.8 Å². The van der Waals surface area contributed by atoms with Crippen molar-refractivity contribution in [2.24, 2.45) is 0 Å². The molecule has 0 radical (unpaired) electrons. The molecule has 0 aliphatic heterocycles. The second kappa shape index (κ2) is 7.35. The second-order valence-electron chi connectivity index (χ2n) is 6.24. The van der Waals surface area contributed by atoms with Gasteiger partial charge in [-0.05, 0) is 43.5 Å². The molecule has 2 heterocycles. The smallest absolute Gasteiger partial charge is 0.191 e. The maximum Gasteiger partial charge on any atom is 0.191 e. The van der Waals surface area contributed by atoms with Crippen LogP contribution in [0.5, 0.6) is 5.75 Å². The zero-order valence-electron chi connectivity index (χ0n) is 14.2. The molecule has 3 aromatic rings. The van der Waals surface area contributed by atoms with Crippen LogP contribution in [0.2, 0.25) is 0 Å². The number of nitrogens with zero attached hydrogens (tertiary/aromatic N) is 3. The number of aromatic nitrogens is 3. The number of rotatable bonds is 8. The third-order valence-corrected chi connectivity index (χ3v) is 5.18. The summed E-state index contributed by atoms with van der Waals surface area (Å²) in [7, 11) is 0. The zero-order valence-corrected chi connectivity index (χ0v) is 15.0. The highest BCUT2D eigenvalue weighted by Gasteiger charge is 2.30. The first-order valence-electron chi connectivity index (χ1n) is 8.58. The quantitative estimate of drug-likeness (QED) is 0.446. The molecule has 1 fully saturated rings. The van der Waals surface area contributed by atoms with Gasteiger partial charge in [-0.3, -0.25) is 4.57 Å². The number of thioether (sulfide) groups is 1. The van der Waals surface area contributed by atoms with Gasteiger partial charge in [0.2, 0.25) is 0 Å². The molecular weight excluding hydrogens is 334 g/mol. The monoisotopic (exact) mass is 355 g/mol. The highest BCUT2D eigenvalue weighted by molar-refractivity contribution is 7.99. The first-order valence-corrected chi connectivity index (χ1v) is 9.56. The normalized spacial score (nSPS) is 14.0. The summed E-state index contributed by atoms with van der Waals surface area (Å²) in [5, 5.41) is 9.75. The molecule has 6 heteroatoms. The first kappa shape index (κ1) is 16.3. The van der Waals surface area contributed by atoms with E-state index >= 15 is 0 Å². The number of aryl methyl sites for hydroxylation is 1. The van der Waals surface area contributed by atoms with Crippen LogP contribution in [-0.4, -0.2) is 27.1 Å². The van der Waals surface area contributed by atoms with Crippen molar-refractivity contribution in [3.05, 3.63) is 59.8 Å². The molecule has 4 rings (SSSR count). The van der Waals surface area contributed by atoms with Gasteiger partial charge in [0.05, 0.1) is 19.4 Å². The molecule has 1 aliphatic rings. The summed E-state index contributed by atoms with van der Waals surface area (Å²) in [6.07, 6.45) is 4.12. The molecule has 130 valence electrons. The fraction of sp³-hybridized carbons (Fsp3) is 0.368. The van der Waals surface area contributed by atoms with Gasteiger partial charge in [-0.25, -0.2) is 0 Å². The summed E-state index contributed by atoms with van der Waals surface area (Å²) in [4.78, 5) is 0. The maximum atomic E-state index is 5.87. The number of ether oxygens (including phenoxy) is 1. The predicted octanol–water partition coefficient (Wildman–Crippen LogP) is 4.28. The Labute approximate surface area is 151 Å². The zero-order chi connectivity index (χ0) is 17.1. The van der Waals surface area contributed by atoms with Crippen LogP contribution in [0.3, 0.4) is 0 Å². The maximum absolute atomic E-state index is 5.87. The molecule has 0 N–H and O–H groups in total. The van der Waals surface area contributed by atoms with Gasteiger partial charge in [0.25, 0.3) is 0 Å². The fourth-order valence-corrected chi connectivity index (χ4v) is 3.52. The third kappa shape index (κ3) is 3.90. The average molecular weight is 355 g/mol. The van der Waals surface area contributed by atoms with Crippen molar-refractivity contribution in [3.63, 3.8) is 0 Å². The number of para-hydroxylation sites is 1. The van der Waals surface area contributed by atoms with Crippen molar-refractivity contribution >= 4 is 11.8 Å². The van der Waals surface area contributed by atoms with Crippen LogP contribution >= 0.6 is 11.8 Å². The summed E-state index contributed by atoms with van der Waals surface area (Å²) in [5.41, 5.74) is 1.16. The van der Waals surface area contributed by atoms with E-state index in [0.29, 0.717) is 19.1 Å². The molecule has 0 saturated heterocycles. The highest BCUT2D eigenvalue weighted by atomic mass is 32.2. The van der Waals surface area contributed by atoms with Gasteiger partial charge < -0.3 is 9.15 Å². The van der Waals surface area contributed by atoms with Gasteiger partial charge in [-0.1, -0.05) is 30.0 Å². The number of hydrogen-bond acceptors (Lipinski definition) is 5. The molecule has 0 atom stereocenters. The van der Waals surface area contributed by atoms with Crippen molar-refractivity contribution in [1.82, 2.24) is 14.8 Å². The van der Waals surface area contributed by atoms with Gasteiger partial charge in [0.1, 0.15) is 17.3 Å². The fourth-order valence-electron chi connectivity index (χ4n) is 2.76. The molecule has 1 saturated carbocycles. The topological polar surface area (TPSA) is 53.1 Å². The summed E-state index contributed by atoms with van der Waals surface area (Å²) >= 11 is 1.68. The van der Waals surface area contributed by atoms with Crippen molar-refractivity contribution in [2.75, 3.05) is 12.4 Å². The minimum Gasteiger partial charge on any atom is -0.492 e. The van der Waals surface area contributed by atoms with Crippen molar-refractivity contribution < 1.29 is 9.15 Å². The van der Waals surface area contributed by atoms with Gasteiger partial charge in [0, 0.05) is 11.7 Å². The van der Waals surface area contributed by atoms with Crippen molar-refractivity contribution in [1.29, 1.82) is 0 Å². The van der Waals surface area contributed by atoms with Gasteiger partial charge in [0.15, 0.2) is 5.16 Å². The molecule has 0 bridgehead atoms. The summed E-state index contributed by atoms with van der Waals surface area (Å²) < 4.78 is 13.6. The van der Waals surface area contributed by atoms with E-state index in [-0.39, 0.29) is 0 Å². The molecular formula is C19H21N3O2S. The van der Waals surface area contributed by atoms with Gasteiger partial charge in [-0.2, -0.15) is 0 Å². The van der Waals surface area contributed by atoms with E-state index < -0.39 is 0 Å². The lowest BCUT2D eigenvalue weighted by atomic mass is 10.2. The highest BCUT2D eigenvalue weighted by Crippen LogP contribution is 2.40. The summed E-state index contributed by atoms with van der Waals surface area (Å²) in [5.74, 6) is 4.34. The van der Waals surface area contributed by atoms with E-state index in [1.807, 2.05) is 30.3 Å². The minimum atomic E-state index is 0.556. The first-order chi connectivity index (χ1) is 12.3. The molecule has 1 aliphatic carbocycles. The van der Waals surface area contributed by atoms with Crippen LogP contribution in [0.4, 0.5) is 0 Å². The SMILES string of the molecule is Cc1ccccc1OCCSc1nnc(C2CC2)n1Cc1ccco1. The largest absolute Gasteiger partial charge is 0.492 e. The van der Waals surface area contributed by atoms with E-state index in [1.54, 1.807) is 18.0 Å².